The Labute approximate surface area is 219 Å². The van der Waals surface area contributed by atoms with E-state index < -0.39 is 0 Å². The highest BCUT2D eigenvalue weighted by Gasteiger charge is 2.23. The van der Waals surface area contributed by atoms with E-state index >= 15 is 0 Å². The summed E-state index contributed by atoms with van der Waals surface area (Å²) in [5.74, 6) is -0.174. The van der Waals surface area contributed by atoms with Gasteiger partial charge in [-0.3, -0.25) is 9.59 Å². The van der Waals surface area contributed by atoms with Crippen LogP contribution in [0.2, 0.25) is 0 Å². The van der Waals surface area contributed by atoms with Crippen LogP contribution >= 0.6 is 0 Å². The molecule has 0 atom stereocenters. The van der Waals surface area contributed by atoms with Crippen LogP contribution in [-0.4, -0.2) is 53.0 Å². The van der Waals surface area contributed by atoms with Crippen molar-refractivity contribution in [2.75, 3.05) is 26.8 Å². The second kappa shape index (κ2) is 14.3. The first-order chi connectivity index (χ1) is 17.9. The molecule has 0 fully saturated rings. The number of methoxy groups -OCH3 is 1. The number of halogens is 1. The van der Waals surface area contributed by atoms with Crippen LogP contribution in [0.4, 0.5) is 4.39 Å². The molecule has 2 amide bonds. The number of rotatable bonds is 14. The van der Waals surface area contributed by atoms with Crippen LogP contribution < -0.4 is 0 Å². The number of benzene rings is 2. The molecule has 1 aromatic heterocycles. The minimum Gasteiger partial charge on any atom is -0.385 e. The summed E-state index contributed by atoms with van der Waals surface area (Å²) in [4.78, 5) is 30.1. The summed E-state index contributed by atoms with van der Waals surface area (Å²) in [5.41, 5.74) is 2.96. The van der Waals surface area contributed by atoms with Crippen LogP contribution in [0.25, 0.3) is 0 Å². The van der Waals surface area contributed by atoms with Crippen LogP contribution in [0.15, 0.2) is 72.9 Å². The van der Waals surface area contributed by atoms with E-state index in [1.165, 1.54) is 12.1 Å². The number of hydrogen-bond donors (Lipinski definition) is 0. The van der Waals surface area contributed by atoms with E-state index in [1.807, 2.05) is 62.5 Å². The topological polar surface area (TPSA) is 54.8 Å². The van der Waals surface area contributed by atoms with Crippen molar-refractivity contribution in [3.63, 3.8) is 0 Å². The molecule has 0 aliphatic heterocycles. The van der Waals surface area contributed by atoms with Gasteiger partial charge in [-0.15, -0.1) is 0 Å². The van der Waals surface area contributed by atoms with Crippen LogP contribution in [0.5, 0.6) is 0 Å². The zero-order valence-electron chi connectivity index (χ0n) is 22.1. The molecule has 7 heteroatoms. The Morgan fingerprint density at radius 3 is 2.30 bits per heavy atom. The molecular weight excluding hydrogens is 469 g/mol. The first-order valence-electron chi connectivity index (χ1n) is 12.8. The Morgan fingerprint density at radius 2 is 1.62 bits per heavy atom. The van der Waals surface area contributed by atoms with E-state index in [0.717, 1.165) is 16.8 Å². The number of aromatic nitrogens is 1. The number of amides is 2. The van der Waals surface area contributed by atoms with Gasteiger partial charge in [0.1, 0.15) is 5.82 Å². The SMILES string of the molecule is COCCCN(CC(=O)N(Cc1ccccc1)Cc1cccn1Cc1ccc(F)cc1)C(=O)CC(C)C. The maximum absolute atomic E-state index is 13.7. The molecule has 37 heavy (non-hydrogen) atoms. The molecule has 0 unspecified atom stereocenters. The van der Waals surface area contributed by atoms with Gasteiger partial charge in [-0.25, -0.2) is 4.39 Å². The third kappa shape index (κ3) is 9.17. The van der Waals surface area contributed by atoms with Gasteiger partial charge in [0.15, 0.2) is 0 Å². The largest absolute Gasteiger partial charge is 0.385 e. The van der Waals surface area contributed by atoms with Gasteiger partial charge in [-0.05, 0) is 47.7 Å². The lowest BCUT2D eigenvalue weighted by molar-refractivity contribution is -0.141. The van der Waals surface area contributed by atoms with E-state index in [1.54, 1.807) is 29.0 Å². The van der Waals surface area contributed by atoms with Crippen molar-refractivity contribution in [1.82, 2.24) is 14.4 Å². The molecule has 0 spiro atoms. The summed E-state index contributed by atoms with van der Waals surface area (Å²) in [6, 6.07) is 20.3. The van der Waals surface area contributed by atoms with Gasteiger partial charge in [0.25, 0.3) is 0 Å². The standard InChI is InChI=1S/C30H38FN3O3/c1-24(2)19-29(35)33(17-8-18-37-3)23-30(36)34(21-25-9-5-4-6-10-25)22-28-11-7-16-32(28)20-26-12-14-27(31)15-13-26/h4-7,9-16,24H,8,17-23H2,1-3H3. The van der Waals surface area contributed by atoms with E-state index in [2.05, 4.69) is 4.57 Å². The van der Waals surface area contributed by atoms with E-state index in [9.17, 15) is 14.0 Å². The van der Waals surface area contributed by atoms with Crippen molar-refractivity contribution in [3.8, 4) is 0 Å². The zero-order valence-corrected chi connectivity index (χ0v) is 22.1. The first-order valence-corrected chi connectivity index (χ1v) is 12.8. The van der Waals surface area contributed by atoms with E-state index in [0.29, 0.717) is 45.6 Å². The molecule has 3 rings (SSSR count). The summed E-state index contributed by atoms with van der Waals surface area (Å²) in [5, 5.41) is 0. The van der Waals surface area contributed by atoms with Gasteiger partial charge in [0.05, 0.1) is 13.1 Å². The van der Waals surface area contributed by atoms with Crippen molar-refractivity contribution in [2.24, 2.45) is 5.92 Å². The van der Waals surface area contributed by atoms with Gasteiger partial charge >= 0.3 is 0 Å². The molecule has 2 aromatic carbocycles. The Morgan fingerprint density at radius 1 is 0.892 bits per heavy atom. The monoisotopic (exact) mass is 507 g/mol. The Hall–Kier alpha value is -3.45. The smallest absolute Gasteiger partial charge is 0.242 e. The number of carbonyl (C=O) groups is 2. The minimum atomic E-state index is -0.266. The molecule has 0 bridgehead atoms. The van der Waals surface area contributed by atoms with Crippen molar-refractivity contribution >= 4 is 11.8 Å². The Bertz CT molecular complexity index is 1110. The Balaban J connectivity index is 1.79. The number of carbonyl (C=O) groups excluding carboxylic acids is 2. The molecule has 0 saturated heterocycles. The van der Waals surface area contributed by atoms with Crippen LogP contribution in [0, 0.1) is 11.7 Å². The molecule has 3 aromatic rings. The fourth-order valence-electron chi connectivity index (χ4n) is 4.20. The molecule has 0 saturated carbocycles. The number of nitrogens with zero attached hydrogens (tertiary/aromatic N) is 3. The molecule has 1 heterocycles. The maximum Gasteiger partial charge on any atom is 0.242 e. The van der Waals surface area contributed by atoms with E-state index in [4.69, 9.17) is 4.74 Å². The van der Waals surface area contributed by atoms with Crippen LogP contribution in [0.3, 0.4) is 0 Å². The summed E-state index contributed by atoms with van der Waals surface area (Å²) in [6.45, 7) is 6.45. The third-order valence-electron chi connectivity index (χ3n) is 6.15. The molecule has 0 N–H and O–H groups in total. The lowest BCUT2D eigenvalue weighted by atomic mass is 10.1. The van der Waals surface area contributed by atoms with Crippen LogP contribution in [-0.2, 0) is 34.0 Å². The van der Waals surface area contributed by atoms with Gasteiger partial charge in [-0.2, -0.15) is 0 Å². The van der Waals surface area contributed by atoms with Crippen molar-refractivity contribution in [1.29, 1.82) is 0 Å². The minimum absolute atomic E-state index is 0.0150. The highest BCUT2D eigenvalue weighted by molar-refractivity contribution is 5.85. The summed E-state index contributed by atoms with van der Waals surface area (Å²) in [7, 11) is 1.63. The van der Waals surface area contributed by atoms with Gasteiger partial charge in [-0.1, -0.05) is 56.3 Å². The van der Waals surface area contributed by atoms with Gasteiger partial charge in [0.2, 0.25) is 11.8 Å². The average Bonchev–Trinajstić information content (AvgIpc) is 3.31. The zero-order chi connectivity index (χ0) is 26.6. The molecule has 0 aliphatic carbocycles. The second-order valence-corrected chi connectivity index (χ2v) is 9.75. The van der Waals surface area contributed by atoms with E-state index in [-0.39, 0.29) is 30.1 Å². The fraction of sp³-hybridized carbons (Fsp3) is 0.400. The Kier molecular flexibility index (Phi) is 10.9. The van der Waals surface area contributed by atoms with Crippen molar-refractivity contribution in [2.45, 2.75) is 46.3 Å². The third-order valence-corrected chi connectivity index (χ3v) is 6.15. The maximum atomic E-state index is 13.7. The van der Waals surface area contributed by atoms with Crippen molar-refractivity contribution in [3.05, 3.63) is 95.6 Å². The average molecular weight is 508 g/mol. The van der Waals surface area contributed by atoms with Gasteiger partial charge in [0, 0.05) is 51.7 Å². The molecular formula is C30H38FN3O3. The molecule has 0 radical (unpaired) electrons. The first kappa shape index (κ1) is 28.1. The summed E-state index contributed by atoms with van der Waals surface area (Å²) in [6.07, 6.45) is 3.04. The highest BCUT2D eigenvalue weighted by atomic mass is 19.1. The number of hydrogen-bond acceptors (Lipinski definition) is 3. The highest BCUT2D eigenvalue weighted by Crippen LogP contribution is 2.15. The summed E-state index contributed by atoms with van der Waals surface area (Å²) < 4.78 is 20.6. The van der Waals surface area contributed by atoms with Gasteiger partial charge < -0.3 is 19.1 Å². The lowest BCUT2D eigenvalue weighted by Crippen LogP contribution is -2.43. The normalized spacial score (nSPS) is 11.1. The molecule has 198 valence electrons. The molecule has 0 aliphatic rings. The van der Waals surface area contributed by atoms with Crippen LogP contribution in [0.1, 0.15) is 43.5 Å². The number of ether oxygens (including phenoxy) is 1. The van der Waals surface area contributed by atoms with Crippen molar-refractivity contribution < 1.29 is 18.7 Å². The predicted octanol–water partition coefficient (Wildman–Crippen LogP) is 5.12. The fourth-order valence-corrected chi connectivity index (χ4v) is 4.20. The second-order valence-electron chi connectivity index (χ2n) is 9.75. The predicted molar refractivity (Wildman–Crippen MR) is 143 cm³/mol. The quantitative estimate of drug-likeness (QED) is 0.285. The lowest BCUT2D eigenvalue weighted by Gasteiger charge is -2.29. The molecule has 6 nitrogen and oxygen atoms in total. The summed E-state index contributed by atoms with van der Waals surface area (Å²) >= 11 is 0.